The highest BCUT2D eigenvalue weighted by atomic mass is 16.5. The van der Waals surface area contributed by atoms with Crippen molar-refractivity contribution >= 4 is 35.0 Å². The van der Waals surface area contributed by atoms with E-state index < -0.39 is 5.91 Å². The molecule has 1 fully saturated rings. The minimum absolute atomic E-state index is 0.0362. The Kier molecular flexibility index (Phi) is 8.27. The number of benzene rings is 1. The van der Waals surface area contributed by atoms with Gasteiger partial charge in [0, 0.05) is 37.7 Å². The second kappa shape index (κ2) is 12.4. The number of piperidine rings is 1. The zero-order chi connectivity index (χ0) is 29.6. The molecule has 216 valence electrons. The lowest BCUT2D eigenvalue weighted by Crippen LogP contribution is -2.39. The number of amides is 2. The number of aromatic nitrogens is 5. The summed E-state index contributed by atoms with van der Waals surface area (Å²) >= 11 is 0. The van der Waals surface area contributed by atoms with Crippen LogP contribution in [0.1, 0.15) is 34.8 Å². The number of carbonyl (C=O) groups excluding carboxylic acids is 2. The summed E-state index contributed by atoms with van der Waals surface area (Å²) in [4.78, 5) is 38.9. The average Bonchev–Trinajstić information content (AvgIpc) is 3.47. The summed E-state index contributed by atoms with van der Waals surface area (Å²) < 4.78 is 13.4. The first-order valence-electron chi connectivity index (χ1n) is 13.3. The summed E-state index contributed by atoms with van der Waals surface area (Å²) in [6.45, 7) is 6.71. The third kappa shape index (κ3) is 6.30. The molecule has 0 aliphatic carbocycles. The maximum Gasteiger partial charge on any atom is 0.254 e. The van der Waals surface area contributed by atoms with Crippen LogP contribution in [-0.4, -0.2) is 61.6 Å². The van der Waals surface area contributed by atoms with Crippen molar-refractivity contribution in [2.24, 2.45) is 5.73 Å². The van der Waals surface area contributed by atoms with E-state index in [1.54, 1.807) is 41.7 Å². The number of methoxy groups -OCH3 is 1. The topological polar surface area (TPSA) is 162 Å². The SMILES string of the molecule is C=CC(=O)N1CCC[C@H](n2cc(Nc3ncc(C(N)=O)c(Nc4c(C)cc(Oc5cccnc5)cc4OC)n3)cn2)C1. The van der Waals surface area contributed by atoms with Gasteiger partial charge in [0.05, 0.1) is 36.9 Å². The first kappa shape index (κ1) is 28.1. The molecule has 1 aliphatic heterocycles. The van der Waals surface area contributed by atoms with Gasteiger partial charge in [0.1, 0.15) is 28.6 Å². The second-order valence-electron chi connectivity index (χ2n) is 9.67. The van der Waals surface area contributed by atoms with Crippen LogP contribution >= 0.6 is 0 Å². The van der Waals surface area contributed by atoms with Gasteiger partial charge in [0.25, 0.3) is 5.91 Å². The Morgan fingerprint density at radius 3 is 2.79 bits per heavy atom. The van der Waals surface area contributed by atoms with E-state index in [4.69, 9.17) is 15.2 Å². The third-order valence-corrected chi connectivity index (χ3v) is 6.78. The quantitative estimate of drug-likeness (QED) is 0.237. The molecule has 1 saturated heterocycles. The Bertz CT molecular complexity index is 1610. The van der Waals surface area contributed by atoms with Crippen LogP contribution in [0.5, 0.6) is 17.2 Å². The summed E-state index contributed by atoms with van der Waals surface area (Å²) in [5, 5.41) is 10.8. The molecule has 0 radical (unpaired) electrons. The minimum atomic E-state index is -0.694. The van der Waals surface area contributed by atoms with Crippen LogP contribution in [0.3, 0.4) is 0 Å². The van der Waals surface area contributed by atoms with E-state index in [-0.39, 0.29) is 29.3 Å². The third-order valence-electron chi connectivity index (χ3n) is 6.78. The van der Waals surface area contributed by atoms with Gasteiger partial charge in [-0.05, 0) is 49.6 Å². The Morgan fingerprint density at radius 2 is 2.05 bits per heavy atom. The van der Waals surface area contributed by atoms with Gasteiger partial charge in [-0.2, -0.15) is 10.1 Å². The first-order chi connectivity index (χ1) is 20.3. The van der Waals surface area contributed by atoms with Gasteiger partial charge in [0.15, 0.2) is 0 Å². The fourth-order valence-corrected chi connectivity index (χ4v) is 4.71. The number of likely N-dealkylation sites (tertiary alicyclic amines) is 1. The molecule has 1 aromatic carbocycles. The zero-order valence-electron chi connectivity index (χ0n) is 23.3. The number of rotatable bonds is 10. The fourth-order valence-electron chi connectivity index (χ4n) is 4.71. The van der Waals surface area contributed by atoms with Crippen molar-refractivity contribution in [3.63, 3.8) is 0 Å². The molecule has 4 aromatic rings. The monoisotopic (exact) mass is 569 g/mol. The molecule has 4 N–H and O–H groups in total. The van der Waals surface area contributed by atoms with Gasteiger partial charge in [0.2, 0.25) is 11.9 Å². The molecule has 0 bridgehead atoms. The highest BCUT2D eigenvalue weighted by molar-refractivity contribution is 5.98. The van der Waals surface area contributed by atoms with Crippen LogP contribution < -0.4 is 25.8 Å². The lowest BCUT2D eigenvalue weighted by molar-refractivity contribution is -0.127. The van der Waals surface area contributed by atoms with Gasteiger partial charge >= 0.3 is 0 Å². The van der Waals surface area contributed by atoms with Crippen molar-refractivity contribution in [2.75, 3.05) is 30.8 Å². The fraction of sp³-hybridized carbons (Fsp3) is 0.241. The molecule has 1 atom stereocenters. The van der Waals surface area contributed by atoms with E-state index in [9.17, 15) is 9.59 Å². The van der Waals surface area contributed by atoms with Gasteiger partial charge in [-0.1, -0.05) is 6.58 Å². The molecule has 0 spiro atoms. The summed E-state index contributed by atoms with van der Waals surface area (Å²) in [6, 6.07) is 7.16. The van der Waals surface area contributed by atoms with Gasteiger partial charge in [-0.15, -0.1) is 0 Å². The molecule has 2 amide bonds. The zero-order valence-corrected chi connectivity index (χ0v) is 23.3. The molecule has 13 heteroatoms. The van der Waals surface area contributed by atoms with Crippen molar-refractivity contribution in [2.45, 2.75) is 25.8 Å². The van der Waals surface area contributed by atoms with Crippen LogP contribution in [0.25, 0.3) is 0 Å². The number of hydrogen-bond donors (Lipinski definition) is 3. The number of nitrogens with zero attached hydrogens (tertiary/aromatic N) is 6. The van der Waals surface area contributed by atoms with Crippen molar-refractivity contribution in [1.29, 1.82) is 0 Å². The van der Waals surface area contributed by atoms with Crippen molar-refractivity contribution in [3.8, 4) is 17.2 Å². The van der Waals surface area contributed by atoms with Crippen LogP contribution in [0.2, 0.25) is 0 Å². The van der Waals surface area contributed by atoms with E-state index in [1.807, 2.05) is 23.9 Å². The lowest BCUT2D eigenvalue weighted by Gasteiger charge is -2.32. The molecular formula is C29H31N9O4. The number of primary amides is 1. The molecule has 0 saturated carbocycles. The van der Waals surface area contributed by atoms with E-state index >= 15 is 0 Å². The molecule has 0 unspecified atom stereocenters. The maximum atomic E-state index is 12.2. The largest absolute Gasteiger partial charge is 0.494 e. The lowest BCUT2D eigenvalue weighted by atomic mass is 10.1. The number of nitrogens with two attached hydrogens (primary N) is 1. The smallest absolute Gasteiger partial charge is 0.254 e. The molecular weight excluding hydrogens is 538 g/mol. The molecule has 13 nitrogen and oxygen atoms in total. The van der Waals surface area contributed by atoms with E-state index in [0.717, 1.165) is 18.4 Å². The number of aryl methyl sites for hydroxylation is 1. The highest BCUT2D eigenvalue weighted by Crippen LogP contribution is 2.37. The summed E-state index contributed by atoms with van der Waals surface area (Å²) in [7, 11) is 1.53. The predicted molar refractivity (Wildman–Crippen MR) is 156 cm³/mol. The van der Waals surface area contributed by atoms with Crippen molar-refractivity contribution in [1.82, 2.24) is 29.6 Å². The Hall–Kier alpha value is -5.46. The number of hydrogen-bond acceptors (Lipinski definition) is 10. The van der Waals surface area contributed by atoms with Gasteiger partial charge < -0.3 is 30.7 Å². The summed E-state index contributed by atoms with van der Waals surface area (Å²) in [5.41, 5.74) is 7.73. The maximum absolute atomic E-state index is 12.2. The highest BCUT2D eigenvalue weighted by Gasteiger charge is 2.24. The van der Waals surface area contributed by atoms with Crippen LogP contribution in [0.15, 0.2) is 67.9 Å². The number of nitrogens with one attached hydrogen (secondary N) is 2. The number of ether oxygens (including phenoxy) is 2. The summed E-state index contributed by atoms with van der Waals surface area (Å²) in [6.07, 6.45) is 11.2. The van der Waals surface area contributed by atoms with E-state index in [2.05, 4.69) is 37.3 Å². The van der Waals surface area contributed by atoms with Gasteiger partial charge in [-0.3, -0.25) is 19.3 Å². The van der Waals surface area contributed by atoms with E-state index in [1.165, 1.54) is 19.4 Å². The van der Waals surface area contributed by atoms with Crippen molar-refractivity contribution < 1.29 is 19.1 Å². The second-order valence-corrected chi connectivity index (χ2v) is 9.67. The molecule has 42 heavy (non-hydrogen) atoms. The van der Waals surface area contributed by atoms with Gasteiger partial charge in [-0.25, -0.2) is 4.98 Å². The first-order valence-corrected chi connectivity index (χ1v) is 13.3. The molecule has 3 aromatic heterocycles. The van der Waals surface area contributed by atoms with Crippen LogP contribution in [0, 0.1) is 6.92 Å². The Balaban J connectivity index is 1.36. The molecule has 4 heterocycles. The standard InChI is InChI=1S/C29H31N9O4/c1-4-25(39)37-10-6-7-20(17-37)38-16-19(13-33-38)34-29-32-15-23(27(30)40)28(36-29)35-26-18(2)11-22(12-24(26)41-3)42-21-8-5-9-31-14-21/h4-5,8-9,11-16,20H,1,6-7,10,17H2,2-3H3,(H2,30,40)(H2,32,34,35,36)/t20-/m0/s1. The summed E-state index contributed by atoms with van der Waals surface area (Å²) in [5.74, 6) is 1.24. The molecule has 1 aliphatic rings. The predicted octanol–water partition coefficient (Wildman–Crippen LogP) is 4.11. The minimum Gasteiger partial charge on any atom is -0.494 e. The average molecular weight is 570 g/mol. The number of anilines is 4. The normalized spacial score (nSPS) is 14.6. The number of carbonyl (C=O) groups is 2. The van der Waals surface area contributed by atoms with Crippen molar-refractivity contribution in [3.05, 3.63) is 79.0 Å². The van der Waals surface area contributed by atoms with E-state index in [0.29, 0.717) is 41.7 Å². The Morgan fingerprint density at radius 1 is 1.19 bits per heavy atom. The van der Waals surface area contributed by atoms with Crippen LogP contribution in [0.4, 0.5) is 23.1 Å². The van der Waals surface area contributed by atoms with Crippen LogP contribution in [-0.2, 0) is 4.79 Å². The Labute approximate surface area is 242 Å². The molecule has 5 rings (SSSR count). The number of pyridine rings is 1.